The van der Waals surface area contributed by atoms with Crippen LogP contribution in [0.15, 0.2) is 30.3 Å². The summed E-state index contributed by atoms with van der Waals surface area (Å²) in [6.07, 6.45) is 9.78. The molecule has 1 aromatic rings. The molecule has 1 aromatic carbocycles. The van der Waals surface area contributed by atoms with Gasteiger partial charge in [0.15, 0.2) is 0 Å². The third-order valence-corrected chi connectivity index (χ3v) is 8.10. The summed E-state index contributed by atoms with van der Waals surface area (Å²) in [7, 11) is 0. The average Bonchev–Trinajstić information content (AvgIpc) is 2.97. The van der Waals surface area contributed by atoms with Crippen LogP contribution in [0.3, 0.4) is 0 Å². The smallest absolute Gasteiger partial charge is 0.228 e. The molecule has 0 N–H and O–H groups in total. The summed E-state index contributed by atoms with van der Waals surface area (Å²) in [5, 5.41) is 0. The summed E-state index contributed by atoms with van der Waals surface area (Å²) in [6.45, 7) is 3.03. The molecule has 1 saturated heterocycles. The first-order valence-electron chi connectivity index (χ1n) is 11.7. The van der Waals surface area contributed by atoms with Crippen LogP contribution in [0.2, 0.25) is 0 Å². The number of benzene rings is 1. The fraction of sp³-hybridized carbons (Fsp3) is 0.680. The fourth-order valence-corrected chi connectivity index (χ4v) is 7.13. The molecule has 4 nitrogen and oxygen atoms in total. The van der Waals surface area contributed by atoms with Gasteiger partial charge in [0, 0.05) is 32.6 Å². The van der Waals surface area contributed by atoms with E-state index in [2.05, 4.69) is 17.0 Å². The predicted molar refractivity (Wildman–Crippen MR) is 113 cm³/mol. The Morgan fingerprint density at radius 3 is 2.07 bits per heavy atom. The van der Waals surface area contributed by atoms with Crippen LogP contribution in [-0.2, 0) is 16.0 Å². The Labute approximate surface area is 174 Å². The van der Waals surface area contributed by atoms with Gasteiger partial charge in [0.05, 0.1) is 5.41 Å². The number of nitrogens with zero attached hydrogens (tertiary/aromatic N) is 2. The first-order valence-corrected chi connectivity index (χ1v) is 11.7. The number of carbonyl (C=O) groups excluding carboxylic acids is 2. The lowest BCUT2D eigenvalue weighted by atomic mass is 9.49. The van der Waals surface area contributed by atoms with E-state index in [4.69, 9.17) is 0 Å². The summed E-state index contributed by atoms with van der Waals surface area (Å²) in [4.78, 5) is 30.5. The molecule has 5 aliphatic rings. The number of rotatable bonds is 4. The average molecular weight is 395 g/mol. The third kappa shape index (κ3) is 3.83. The van der Waals surface area contributed by atoms with Crippen molar-refractivity contribution in [3.8, 4) is 0 Å². The maximum Gasteiger partial charge on any atom is 0.228 e. The lowest BCUT2D eigenvalue weighted by Crippen LogP contribution is -2.55. The minimum Gasteiger partial charge on any atom is -0.341 e. The van der Waals surface area contributed by atoms with Crippen LogP contribution in [0.25, 0.3) is 0 Å². The number of hydrogen-bond donors (Lipinski definition) is 0. The molecule has 29 heavy (non-hydrogen) atoms. The van der Waals surface area contributed by atoms with Crippen molar-refractivity contribution in [3.05, 3.63) is 35.9 Å². The molecule has 156 valence electrons. The number of amides is 2. The Morgan fingerprint density at radius 2 is 1.41 bits per heavy atom. The van der Waals surface area contributed by atoms with E-state index in [-0.39, 0.29) is 11.3 Å². The van der Waals surface area contributed by atoms with E-state index in [0.29, 0.717) is 18.9 Å². The maximum absolute atomic E-state index is 13.6. The predicted octanol–water partition coefficient (Wildman–Crippen LogP) is 3.90. The van der Waals surface area contributed by atoms with Crippen molar-refractivity contribution in [2.45, 2.75) is 57.8 Å². The quantitative estimate of drug-likeness (QED) is 0.777. The van der Waals surface area contributed by atoms with Crippen molar-refractivity contribution in [1.82, 2.24) is 9.80 Å². The van der Waals surface area contributed by atoms with Gasteiger partial charge >= 0.3 is 0 Å². The van der Waals surface area contributed by atoms with Gasteiger partial charge in [-0.05, 0) is 74.7 Å². The van der Waals surface area contributed by atoms with Crippen LogP contribution >= 0.6 is 0 Å². The molecule has 0 atom stereocenters. The summed E-state index contributed by atoms with van der Waals surface area (Å²) < 4.78 is 0. The van der Waals surface area contributed by atoms with Gasteiger partial charge in [-0.1, -0.05) is 30.3 Å². The zero-order chi connectivity index (χ0) is 19.8. The van der Waals surface area contributed by atoms with E-state index < -0.39 is 0 Å². The molecule has 0 unspecified atom stereocenters. The van der Waals surface area contributed by atoms with Gasteiger partial charge in [0.25, 0.3) is 0 Å². The summed E-state index contributed by atoms with van der Waals surface area (Å²) in [6, 6.07) is 10.2. The van der Waals surface area contributed by atoms with Crippen LogP contribution in [0.5, 0.6) is 0 Å². The monoisotopic (exact) mass is 394 g/mol. The van der Waals surface area contributed by atoms with Crippen LogP contribution in [0, 0.1) is 23.2 Å². The van der Waals surface area contributed by atoms with Crippen LogP contribution in [0.4, 0.5) is 0 Å². The Balaban J connectivity index is 1.18. The molecule has 1 aliphatic heterocycles. The summed E-state index contributed by atoms with van der Waals surface area (Å²) in [5.74, 6) is 3.06. The molecule has 0 aromatic heterocycles. The third-order valence-electron chi connectivity index (χ3n) is 8.10. The molecule has 1 heterocycles. The second-order valence-electron chi connectivity index (χ2n) is 10.2. The summed E-state index contributed by atoms with van der Waals surface area (Å²) >= 11 is 0. The lowest BCUT2D eigenvalue weighted by molar-refractivity contribution is -0.157. The van der Waals surface area contributed by atoms with E-state index in [1.807, 2.05) is 23.1 Å². The zero-order valence-electron chi connectivity index (χ0n) is 17.5. The standard InChI is InChI=1S/C25H34N2O2/c28-23(8-7-19-5-2-1-3-6-19)26-9-4-10-27(12-11-26)24(29)25-16-20-13-21(17-25)15-22(14-20)18-25/h1-3,5-6,20-22H,4,7-18H2. The van der Waals surface area contributed by atoms with Gasteiger partial charge in [-0.3, -0.25) is 9.59 Å². The Bertz CT molecular complexity index is 724. The van der Waals surface area contributed by atoms with Crippen molar-refractivity contribution in [2.75, 3.05) is 26.2 Å². The topological polar surface area (TPSA) is 40.6 Å². The molecule has 4 aliphatic carbocycles. The molecule has 2 amide bonds. The SMILES string of the molecule is O=C(CCc1ccccc1)N1CCCN(C(=O)C23CC4CC(CC(C4)C2)C3)CC1. The highest BCUT2D eigenvalue weighted by Crippen LogP contribution is 2.60. The lowest BCUT2D eigenvalue weighted by Gasteiger charge is -2.56. The normalized spacial score (nSPS) is 33.6. The highest BCUT2D eigenvalue weighted by Gasteiger charge is 2.55. The largest absolute Gasteiger partial charge is 0.341 e. The first kappa shape index (κ1) is 19.1. The van der Waals surface area contributed by atoms with E-state index in [1.54, 1.807) is 0 Å². The highest BCUT2D eigenvalue weighted by molar-refractivity contribution is 5.83. The molecule has 0 spiro atoms. The van der Waals surface area contributed by atoms with Crippen LogP contribution in [-0.4, -0.2) is 47.8 Å². The van der Waals surface area contributed by atoms with Crippen molar-refractivity contribution in [1.29, 1.82) is 0 Å². The fourth-order valence-electron chi connectivity index (χ4n) is 7.13. The zero-order valence-corrected chi connectivity index (χ0v) is 17.5. The minimum atomic E-state index is -0.0543. The molecular formula is C25H34N2O2. The highest BCUT2D eigenvalue weighted by atomic mass is 16.2. The van der Waals surface area contributed by atoms with Crippen LogP contribution < -0.4 is 0 Å². The van der Waals surface area contributed by atoms with Gasteiger partial charge < -0.3 is 9.80 Å². The number of carbonyl (C=O) groups is 2. The van der Waals surface area contributed by atoms with Crippen molar-refractivity contribution in [2.24, 2.45) is 23.2 Å². The Hall–Kier alpha value is -1.84. The van der Waals surface area contributed by atoms with E-state index >= 15 is 0 Å². The number of hydrogen-bond acceptors (Lipinski definition) is 2. The molecule has 4 heteroatoms. The summed E-state index contributed by atoms with van der Waals surface area (Å²) in [5.41, 5.74) is 1.16. The molecule has 5 fully saturated rings. The van der Waals surface area contributed by atoms with E-state index in [0.717, 1.165) is 69.5 Å². The molecule has 4 bridgehead atoms. The molecule has 4 saturated carbocycles. The molecule has 0 radical (unpaired) electrons. The second kappa shape index (κ2) is 7.77. The second-order valence-corrected chi connectivity index (χ2v) is 10.2. The van der Waals surface area contributed by atoms with Crippen LogP contribution in [0.1, 0.15) is 56.9 Å². The van der Waals surface area contributed by atoms with Crippen molar-refractivity contribution < 1.29 is 9.59 Å². The van der Waals surface area contributed by atoms with E-state index in [9.17, 15) is 9.59 Å². The Kier molecular flexibility index (Phi) is 5.13. The number of aryl methyl sites for hydroxylation is 1. The molecule has 6 rings (SSSR count). The molecular weight excluding hydrogens is 360 g/mol. The van der Waals surface area contributed by atoms with Gasteiger partial charge in [0.1, 0.15) is 0 Å². The van der Waals surface area contributed by atoms with Gasteiger partial charge in [-0.25, -0.2) is 0 Å². The van der Waals surface area contributed by atoms with Crippen molar-refractivity contribution >= 4 is 11.8 Å². The van der Waals surface area contributed by atoms with Gasteiger partial charge in [-0.15, -0.1) is 0 Å². The van der Waals surface area contributed by atoms with Gasteiger partial charge in [0.2, 0.25) is 11.8 Å². The van der Waals surface area contributed by atoms with Gasteiger partial charge in [-0.2, -0.15) is 0 Å². The Morgan fingerprint density at radius 1 is 0.828 bits per heavy atom. The van der Waals surface area contributed by atoms with E-state index in [1.165, 1.54) is 24.8 Å². The van der Waals surface area contributed by atoms with Crippen molar-refractivity contribution in [3.63, 3.8) is 0 Å². The minimum absolute atomic E-state index is 0.0543. The maximum atomic E-state index is 13.6. The first-order chi connectivity index (χ1) is 14.1.